The van der Waals surface area contributed by atoms with Gasteiger partial charge in [0.2, 0.25) is 5.91 Å². The molecule has 0 aromatic heterocycles. The smallest absolute Gasteiger partial charge is 0.247 e. The number of aryl methyl sites for hydroxylation is 1. The molecule has 29 heavy (non-hydrogen) atoms. The molecule has 0 spiro atoms. The number of rotatable bonds is 6. The Balaban J connectivity index is 1.37. The summed E-state index contributed by atoms with van der Waals surface area (Å²) >= 11 is 1.54. The van der Waals surface area contributed by atoms with E-state index in [0.29, 0.717) is 0 Å². The van der Waals surface area contributed by atoms with Crippen molar-refractivity contribution in [3.8, 4) is 0 Å². The van der Waals surface area contributed by atoms with Gasteiger partial charge in [0.05, 0.1) is 5.69 Å². The highest BCUT2D eigenvalue weighted by Gasteiger charge is 2.46. The number of fused-ring (bicyclic) bond motifs is 2. The first-order chi connectivity index (χ1) is 14.0. The van der Waals surface area contributed by atoms with Crippen molar-refractivity contribution >= 4 is 29.6 Å². The minimum absolute atomic E-state index is 0.0864. The van der Waals surface area contributed by atoms with Gasteiger partial charge in [0.25, 0.3) is 0 Å². The second-order valence-electron chi connectivity index (χ2n) is 7.84. The summed E-state index contributed by atoms with van der Waals surface area (Å²) in [6.07, 6.45) is 6.67. The molecule has 4 nitrogen and oxygen atoms in total. The average molecular weight is 412 g/mol. The maximum atomic E-state index is 13.1. The molecule has 0 radical (unpaired) electrons. The number of carbonyl (C=O) groups is 1. The van der Waals surface area contributed by atoms with E-state index in [1.54, 1.807) is 18.0 Å². The van der Waals surface area contributed by atoms with Crippen LogP contribution in [0, 0.1) is 12.7 Å². The predicted molar refractivity (Wildman–Crippen MR) is 118 cm³/mol. The number of amides is 1. The van der Waals surface area contributed by atoms with Crippen LogP contribution in [0.5, 0.6) is 0 Å². The molecule has 2 atom stereocenters. The number of carbonyl (C=O) groups excluding carboxylic acids is 1. The Labute approximate surface area is 175 Å². The second-order valence-corrected chi connectivity index (χ2v) is 8.45. The third kappa shape index (κ3) is 4.49. The monoisotopic (exact) mass is 411 g/mol. The molecule has 2 aromatic carbocycles. The largest absolute Gasteiger partial charge is 0.330 e. The van der Waals surface area contributed by atoms with Crippen LogP contribution in [0.1, 0.15) is 23.1 Å². The van der Waals surface area contributed by atoms with Crippen LogP contribution in [-0.2, 0) is 11.3 Å². The standard InChI is InChI=1S/C23H26FN3OS/c1-16-3-6-18(22(11-16)25-29-2)7-10-23(28)27-20-12-21(27)15-26(14-20)13-17-4-8-19(24)9-5-17/h3-11,20-21,25H,12-15H2,1-2H3/b10-7+. The highest BCUT2D eigenvalue weighted by Crippen LogP contribution is 2.33. The van der Waals surface area contributed by atoms with E-state index in [4.69, 9.17) is 0 Å². The molecule has 3 aliphatic heterocycles. The maximum Gasteiger partial charge on any atom is 0.247 e. The molecule has 2 aromatic rings. The maximum absolute atomic E-state index is 13.1. The first-order valence-corrected chi connectivity index (χ1v) is 11.1. The van der Waals surface area contributed by atoms with Gasteiger partial charge in [-0.25, -0.2) is 4.39 Å². The van der Waals surface area contributed by atoms with Gasteiger partial charge in [-0.15, -0.1) is 0 Å². The van der Waals surface area contributed by atoms with Gasteiger partial charge in [0.15, 0.2) is 0 Å². The molecule has 1 amide bonds. The van der Waals surface area contributed by atoms with Crippen LogP contribution in [0.2, 0.25) is 0 Å². The molecule has 1 N–H and O–H groups in total. The van der Waals surface area contributed by atoms with E-state index in [1.165, 1.54) is 17.7 Å². The van der Waals surface area contributed by atoms with Crippen molar-refractivity contribution in [1.29, 1.82) is 0 Å². The summed E-state index contributed by atoms with van der Waals surface area (Å²) in [5, 5.41) is 0. The first-order valence-electron chi connectivity index (χ1n) is 9.90. The second kappa shape index (κ2) is 8.59. The van der Waals surface area contributed by atoms with E-state index in [9.17, 15) is 9.18 Å². The van der Waals surface area contributed by atoms with Crippen LogP contribution in [0.25, 0.3) is 6.08 Å². The normalized spacial score (nSPS) is 21.3. The number of halogens is 1. The average Bonchev–Trinajstić information content (AvgIpc) is 2.69. The molecule has 0 saturated carbocycles. The van der Waals surface area contributed by atoms with E-state index in [-0.39, 0.29) is 23.8 Å². The molecule has 6 heteroatoms. The minimum Gasteiger partial charge on any atom is -0.330 e. The zero-order valence-electron chi connectivity index (χ0n) is 16.8. The first kappa shape index (κ1) is 20.0. The topological polar surface area (TPSA) is 35.6 Å². The van der Waals surface area contributed by atoms with Gasteiger partial charge in [-0.05, 0) is 54.3 Å². The Bertz CT molecular complexity index is 903. The third-order valence-electron chi connectivity index (χ3n) is 5.67. The van der Waals surface area contributed by atoms with Crippen molar-refractivity contribution < 1.29 is 9.18 Å². The van der Waals surface area contributed by atoms with Gasteiger partial charge in [-0.3, -0.25) is 9.69 Å². The van der Waals surface area contributed by atoms with Crippen LogP contribution < -0.4 is 4.72 Å². The van der Waals surface area contributed by atoms with Crippen LogP contribution in [0.3, 0.4) is 0 Å². The van der Waals surface area contributed by atoms with Gasteiger partial charge in [-0.2, -0.15) is 0 Å². The number of hydrogen-bond donors (Lipinski definition) is 1. The molecule has 152 valence electrons. The quantitative estimate of drug-likeness (QED) is 0.567. The van der Waals surface area contributed by atoms with Crippen LogP contribution in [0.15, 0.2) is 48.5 Å². The number of hydrogen-bond acceptors (Lipinski definition) is 4. The summed E-state index contributed by atoms with van der Waals surface area (Å²) in [5.74, 6) is -0.119. The number of benzene rings is 2. The lowest BCUT2D eigenvalue weighted by Crippen LogP contribution is -2.69. The van der Waals surface area contributed by atoms with E-state index in [0.717, 1.165) is 42.9 Å². The summed E-state index contributed by atoms with van der Waals surface area (Å²) < 4.78 is 16.4. The molecule has 5 rings (SSSR count). The number of piperazine rings is 1. The van der Waals surface area contributed by atoms with E-state index < -0.39 is 0 Å². The fourth-order valence-electron chi connectivity index (χ4n) is 4.29. The molecule has 2 bridgehead atoms. The Hall–Kier alpha value is -2.31. The molecular weight excluding hydrogens is 385 g/mol. The summed E-state index contributed by atoms with van der Waals surface area (Å²) in [7, 11) is 0. The SMILES string of the molecule is CSNc1cc(C)ccc1/C=C/C(=O)N1C2CC1CN(Cc1ccc(F)cc1)C2. The van der Waals surface area contributed by atoms with Crippen molar-refractivity contribution in [3.63, 3.8) is 0 Å². The molecule has 3 heterocycles. The Morgan fingerprint density at radius 1 is 1.21 bits per heavy atom. The minimum atomic E-state index is -0.205. The summed E-state index contributed by atoms with van der Waals surface area (Å²) in [5.41, 5.74) is 4.33. The predicted octanol–water partition coefficient (Wildman–Crippen LogP) is 4.32. The van der Waals surface area contributed by atoms with Gasteiger partial charge < -0.3 is 9.62 Å². The molecular formula is C23H26FN3OS. The third-order valence-corrected chi connectivity index (χ3v) is 6.09. The lowest BCUT2D eigenvalue weighted by molar-refractivity contribution is -0.148. The number of anilines is 1. The molecule has 3 saturated heterocycles. The van der Waals surface area contributed by atoms with Crippen molar-refractivity contribution in [2.75, 3.05) is 24.1 Å². The Morgan fingerprint density at radius 3 is 2.62 bits per heavy atom. The number of nitrogens with zero attached hydrogens (tertiary/aromatic N) is 2. The fraction of sp³-hybridized carbons (Fsp3) is 0.348. The highest BCUT2D eigenvalue weighted by atomic mass is 32.2. The van der Waals surface area contributed by atoms with E-state index in [2.05, 4.69) is 28.7 Å². The number of nitrogens with one attached hydrogen (secondary N) is 1. The fourth-order valence-corrected chi connectivity index (χ4v) is 4.69. The van der Waals surface area contributed by atoms with Gasteiger partial charge in [-0.1, -0.05) is 36.2 Å². The molecule has 2 unspecified atom stereocenters. The lowest BCUT2D eigenvalue weighted by Gasteiger charge is -2.56. The van der Waals surface area contributed by atoms with Crippen molar-refractivity contribution in [3.05, 3.63) is 71.0 Å². The zero-order valence-corrected chi connectivity index (χ0v) is 17.6. The highest BCUT2D eigenvalue weighted by molar-refractivity contribution is 7.99. The summed E-state index contributed by atoms with van der Waals surface area (Å²) in [4.78, 5) is 17.2. The zero-order chi connectivity index (χ0) is 20.4. The summed E-state index contributed by atoms with van der Waals surface area (Å²) in [6, 6.07) is 13.4. The van der Waals surface area contributed by atoms with Crippen molar-refractivity contribution in [1.82, 2.24) is 9.80 Å². The molecule has 0 aliphatic carbocycles. The van der Waals surface area contributed by atoms with Gasteiger partial charge in [0, 0.05) is 44.0 Å². The van der Waals surface area contributed by atoms with Gasteiger partial charge >= 0.3 is 0 Å². The number of piperidine rings is 1. The van der Waals surface area contributed by atoms with Crippen LogP contribution in [-0.4, -0.2) is 47.1 Å². The van der Waals surface area contributed by atoms with E-state index >= 15 is 0 Å². The van der Waals surface area contributed by atoms with Crippen molar-refractivity contribution in [2.45, 2.75) is 32.0 Å². The lowest BCUT2D eigenvalue weighted by atomic mass is 9.87. The van der Waals surface area contributed by atoms with Crippen LogP contribution in [0.4, 0.5) is 10.1 Å². The Morgan fingerprint density at radius 2 is 1.93 bits per heavy atom. The molecule has 3 aliphatic rings. The molecule has 3 fully saturated rings. The van der Waals surface area contributed by atoms with Crippen molar-refractivity contribution in [2.24, 2.45) is 0 Å². The van der Waals surface area contributed by atoms with Crippen LogP contribution >= 0.6 is 11.9 Å². The van der Waals surface area contributed by atoms with Gasteiger partial charge in [0.1, 0.15) is 5.82 Å². The van der Waals surface area contributed by atoms with E-state index in [1.807, 2.05) is 35.4 Å². The Kier molecular flexibility index (Phi) is 5.92. The summed E-state index contributed by atoms with van der Waals surface area (Å²) in [6.45, 7) is 4.61.